The Kier molecular flexibility index (Phi) is 5.69. The molecule has 0 saturated heterocycles. The van der Waals surface area contributed by atoms with Gasteiger partial charge in [0.05, 0.1) is 11.3 Å². The lowest BCUT2D eigenvalue weighted by atomic mass is 10.0. The first-order valence-corrected chi connectivity index (χ1v) is 10.5. The van der Waals surface area contributed by atoms with E-state index >= 15 is 0 Å². The second kappa shape index (κ2) is 8.04. The average Bonchev–Trinajstić information content (AvgIpc) is 2.91. The van der Waals surface area contributed by atoms with Gasteiger partial charge in [-0.05, 0) is 35.7 Å². The van der Waals surface area contributed by atoms with Crippen molar-refractivity contribution in [2.45, 2.75) is 31.2 Å². The number of nitrogens with two attached hydrogens (primary N) is 1. The van der Waals surface area contributed by atoms with Crippen molar-refractivity contribution >= 4 is 33.4 Å². The molecule has 29 heavy (non-hydrogen) atoms. The van der Waals surface area contributed by atoms with Gasteiger partial charge in [-0.2, -0.15) is 0 Å². The molecule has 1 heterocycles. The van der Waals surface area contributed by atoms with Crippen LogP contribution in [0.1, 0.15) is 25.0 Å². The van der Waals surface area contributed by atoms with E-state index in [1.807, 2.05) is 13.8 Å². The summed E-state index contributed by atoms with van der Waals surface area (Å²) in [6.07, 6.45) is 0.121. The minimum Gasteiger partial charge on any atom is -0.369 e. The first kappa shape index (κ1) is 20.5. The van der Waals surface area contributed by atoms with Gasteiger partial charge in [0, 0.05) is 11.3 Å². The number of hydrogen-bond acceptors (Lipinski definition) is 5. The summed E-state index contributed by atoms with van der Waals surface area (Å²) in [5.41, 5.74) is 6.91. The van der Waals surface area contributed by atoms with Crippen LogP contribution in [0.5, 0.6) is 0 Å². The van der Waals surface area contributed by atoms with Gasteiger partial charge in [-0.25, -0.2) is 8.42 Å². The Hall–Kier alpha value is -3.20. The molecule has 0 aliphatic carbocycles. The van der Waals surface area contributed by atoms with Crippen molar-refractivity contribution in [1.82, 2.24) is 4.72 Å². The smallest absolute Gasteiger partial charge is 0.263 e. The van der Waals surface area contributed by atoms with E-state index < -0.39 is 22.0 Å². The van der Waals surface area contributed by atoms with Gasteiger partial charge in [-0.15, -0.1) is 0 Å². The minimum absolute atomic E-state index is 0.121. The van der Waals surface area contributed by atoms with Crippen LogP contribution in [0.2, 0.25) is 0 Å². The first-order chi connectivity index (χ1) is 13.7. The van der Waals surface area contributed by atoms with Gasteiger partial charge in [0.15, 0.2) is 0 Å². The van der Waals surface area contributed by atoms with Crippen LogP contribution < -0.4 is 15.8 Å². The van der Waals surface area contributed by atoms with Crippen LogP contribution >= 0.6 is 0 Å². The molecule has 1 aliphatic heterocycles. The maximum absolute atomic E-state index is 12.8. The molecule has 0 spiro atoms. The fourth-order valence-electron chi connectivity index (χ4n) is 3.00. The molecule has 0 fully saturated rings. The van der Waals surface area contributed by atoms with Crippen molar-refractivity contribution < 1.29 is 18.0 Å². The monoisotopic (exact) mass is 414 g/mol. The van der Waals surface area contributed by atoms with Gasteiger partial charge in [-0.1, -0.05) is 38.1 Å². The second-order valence-corrected chi connectivity index (χ2v) is 8.75. The Morgan fingerprint density at radius 3 is 2.38 bits per heavy atom. The maximum atomic E-state index is 12.8. The summed E-state index contributed by atoms with van der Waals surface area (Å²) in [4.78, 5) is 28.4. The number of amidine groups is 1. The molecule has 2 aromatic carbocycles. The van der Waals surface area contributed by atoms with Crippen LogP contribution in [0.4, 0.5) is 5.69 Å². The van der Waals surface area contributed by atoms with Gasteiger partial charge in [0.25, 0.3) is 10.0 Å². The molecule has 0 aromatic heterocycles. The van der Waals surface area contributed by atoms with Crippen molar-refractivity contribution in [1.29, 1.82) is 0 Å². The Bertz CT molecular complexity index is 1080. The highest BCUT2D eigenvalue weighted by molar-refractivity contribution is 7.90. The second-order valence-electron chi connectivity index (χ2n) is 7.10. The Balaban J connectivity index is 1.83. The Morgan fingerprint density at radius 2 is 1.76 bits per heavy atom. The van der Waals surface area contributed by atoms with Crippen LogP contribution in [0.3, 0.4) is 0 Å². The molecule has 9 heteroatoms. The standard InChI is InChI=1S/C20H22N4O4S/c1-12(2)18(20(26)22-14-9-7-13(8-10-14)11-17(21)25)23-19-15-5-3-4-6-16(15)29(27,28)24-19/h3-10,12,18H,11H2,1-2H3,(H2,21,25)(H,22,26)(H,23,24)/t18-/m0/s1. The molecule has 8 nitrogen and oxygen atoms in total. The summed E-state index contributed by atoms with van der Waals surface area (Å²) in [6.45, 7) is 3.67. The van der Waals surface area contributed by atoms with Crippen LogP contribution in [-0.4, -0.2) is 32.1 Å². The predicted molar refractivity (Wildman–Crippen MR) is 110 cm³/mol. The Morgan fingerprint density at radius 1 is 1.10 bits per heavy atom. The first-order valence-electron chi connectivity index (χ1n) is 9.05. The van der Waals surface area contributed by atoms with E-state index in [1.54, 1.807) is 42.5 Å². The molecule has 3 rings (SSSR count). The summed E-state index contributed by atoms with van der Waals surface area (Å²) in [6, 6.07) is 12.5. The van der Waals surface area contributed by atoms with E-state index in [0.717, 1.165) is 5.56 Å². The number of fused-ring (bicyclic) bond motifs is 1. The molecule has 2 amide bonds. The zero-order valence-electron chi connectivity index (χ0n) is 16.0. The van der Waals surface area contributed by atoms with Crippen molar-refractivity contribution in [2.24, 2.45) is 16.6 Å². The lowest BCUT2D eigenvalue weighted by Gasteiger charge is -2.17. The molecule has 0 unspecified atom stereocenters. The molecule has 1 atom stereocenters. The molecular weight excluding hydrogens is 392 g/mol. The SMILES string of the molecule is CC(C)[C@H](N=C1NS(=O)(=O)c2ccccc21)C(=O)Nc1ccc(CC(N)=O)cc1. The summed E-state index contributed by atoms with van der Waals surface area (Å²) >= 11 is 0. The van der Waals surface area contributed by atoms with E-state index in [4.69, 9.17) is 5.73 Å². The number of aliphatic imine (C=N–C) groups is 1. The molecule has 152 valence electrons. The van der Waals surface area contributed by atoms with Gasteiger partial charge in [0.1, 0.15) is 11.9 Å². The largest absolute Gasteiger partial charge is 0.369 e. The highest BCUT2D eigenvalue weighted by Gasteiger charge is 2.32. The van der Waals surface area contributed by atoms with E-state index in [2.05, 4.69) is 15.0 Å². The summed E-state index contributed by atoms with van der Waals surface area (Å²) in [7, 11) is -3.68. The molecular formula is C20H22N4O4S. The third-order valence-corrected chi connectivity index (χ3v) is 5.83. The lowest BCUT2D eigenvalue weighted by molar-refractivity contribution is -0.118. The highest BCUT2D eigenvalue weighted by Crippen LogP contribution is 2.24. The number of nitrogens with zero attached hydrogens (tertiary/aromatic N) is 1. The zero-order valence-corrected chi connectivity index (χ0v) is 16.9. The third-order valence-electron chi connectivity index (χ3n) is 4.43. The predicted octanol–water partition coefficient (Wildman–Crippen LogP) is 1.42. The van der Waals surface area contributed by atoms with E-state index in [-0.39, 0.29) is 29.0 Å². The molecule has 0 radical (unpaired) electrons. The highest BCUT2D eigenvalue weighted by atomic mass is 32.2. The number of rotatable bonds is 6. The van der Waals surface area contributed by atoms with Crippen molar-refractivity contribution in [3.8, 4) is 0 Å². The zero-order chi connectivity index (χ0) is 21.2. The molecule has 0 bridgehead atoms. The number of hydrogen-bond donors (Lipinski definition) is 3. The molecule has 2 aromatic rings. The fourth-order valence-corrected chi connectivity index (χ4v) is 4.24. The number of carbonyl (C=O) groups is 2. The van der Waals surface area contributed by atoms with Crippen molar-refractivity contribution in [3.05, 3.63) is 59.7 Å². The number of carbonyl (C=O) groups excluding carboxylic acids is 2. The molecule has 4 N–H and O–H groups in total. The van der Waals surface area contributed by atoms with E-state index in [9.17, 15) is 18.0 Å². The van der Waals surface area contributed by atoms with Crippen LogP contribution in [-0.2, 0) is 26.0 Å². The van der Waals surface area contributed by atoms with Gasteiger partial charge in [0.2, 0.25) is 11.8 Å². The minimum atomic E-state index is -3.68. The number of amides is 2. The number of primary amides is 1. The molecule has 0 saturated carbocycles. The number of sulfonamides is 1. The van der Waals surface area contributed by atoms with Crippen molar-refractivity contribution in [3.63, 3.8) is 0 Å². The van der Waals surface area contributed by atoms with Gasteiger partial charge < -0.3 is 11.1 Å². The van der Waals surface area contributed by atoms with Crippen LogP contribution in [0, 0.1) is 5.92 Å². The number of nitrogens with one attached hydrogen (secondary N) is 2. The van der Waals surface area contributed by atoms with Gasteiger partial charge >= 0.3 is 0 Å². The third kappa shape index (κ3) is 4.62. The quantitative estimate of drug-likeness (QED) is 0.660. The number of benzene rings is 2. The topological polar surface area (TPSA) is 131 Å². The Labute approximate surface area is 169 Å². The summed E-state index contributed by atoms with van der Waals surface area (Å²) in [5.74, 6) is -0.810. The summed E-state index contributed by atoms with van der Waals surface area (Å²) < 4.78 is 26.9. The molecule has 1 aliphatic rings. The van der Waals surface area contributed by atoms with Gasteiger partial charge in [-0.3, -0.25) is 19.3 Å². The van der Waals surface area contributed by atoms with E-state index in [0.29, 0.717) is 11.3 Å². The normalized spacial score (nSPS) is 16.9. The van der Waals surface area contributed by atoms with Crippen LogP contribution in [0.25, 0.3) is 0 Å². The fraction of sp³-hybridized carbons (Fsp3) is 0.250. The average molecular weight is 414 g/mol. The summed E-state index contributed by atoms with van der Waals surface area (Å²) in [5, 5.41) is 2.78. The number of anilines is 1. The lowest BCUT2D eigenvalue weighted by Crippen LogP contribution is -2.34. The maximum Gasteiger partial charge on any atom is 0.263 e. The van der Waals surface area contributed by atoms with Crippen molar-refractivity contribution in [2.75, 3.05) is 5.32 Å². The van der Waals surface area contributed by atoms with E-state index in [1.165, 1.54) is 6.07 Å². The van der Waals surface area contributed by atoms with Crippen LogP contribution in [0.15, 0.2) is 58.4 Å².